The van der Waals surface area contributed by atoms with Crippen molar-refractivity contribution in [2.24, 2.45) is 0 Å². The van der Waals surface area contributed by atoms with Crippen LogP contribution in [-0.4, -0.2) is 10.8 Å². The summed E-state index contributed by atoms with van der Waals surface area (Å²) in [6.07, 6.45) is 3.20. The molecule has 1 aliphatic heterocycles. The van der Waals surface area contributed by atoms with Crippen molar-refractivity contribution in [1.82, 2.24) is 0 Å². The Morgan fingerprint density at radius 1 is 1.17 bits per heavy atom. The van der Waals surface area contributed by atoms with E-state index in [0.717, 1.165) is 36.6 Å². The Labute approximate surface area is 186 Å². The van der Waals surface area contributed by atoms with Gasteiger partial charge in [0.25, 0.3) is 11.6 Å². The highest BCUT2D eigenvalue weighted by molar-refractivity contribution is 7.80. The van der Waals surface area contributed by atoms with Gasteiger partial charge in [-0.15, -0.1) is 0 Å². The molecule has 3 aromatic rings. The molecule has 1 aliphatic rings. The second-order valence-corrected chi connectivity index (χ2v) is 10.4. The minimum atomic E-state index is -0.550. The van der Waals surface area contributed by atoms with Gasteiger partial charge >= 0.3 is 0 Å². The fourth-order valence-electron chi connectivity index (χ4n) is 3.68. The maximum Gasteiger partial charge on any atom is 0.269 e. The van der Waals surface area contributed by atoms with Crippen LogP contribution in [-0.2, 0) is 10.3 Å². The molecule has 0 unspecified atom stereocenters. The molecule has 2 aromatic carbocycles. The van der Waals surface area contributed by atoms with Gasteiger partial charge in [-0.2, -0.15) is 0 Å². The molecule has 0 fully saturated rings. The average molecular weight is 455 g/mol. The quantitative estimate of drug-likeness (QED) is 0.145. The SMILES string of the molecule is Cc1ccc2c(c1)N(C(=O)C=Cc1ccc([N+](=O)[O-])cc1)C(C)(C)c1ssc(=S)c1-2. The fourth-order valence-corrected chi connectivity index (χ4v) is 6.96. The van der Waals surface area contributed by atoms with Crippen molar-refractivity contribution in [3.63, 3.8) is 0 Å². The third-order valence-electron chi connectivity index (χ3n) is 5.15. The zero-order valence-corrected chi connectivity index (χ0v) is 19.0. The maximum absolute atomic E-state index is 13.4. The molecule has 152 valence electrons. The van der Waals surface area contributed by atoms with Crippen molar-refractivity contribution in [2.75, 3.05) is 4.90 Å². The predicted molar refractivity (Wildman–Crippen MR) is 126 cm³/mol. The summed E-state index contributed by atoms with van der Waals surface area (Å²) >= 11 is 5.60. The van der Waals surface area contributed by atoms with Crippen LogP contribution < -0.4 is 4.90 Å². The Morgan fingerprint density at radius 3 is 2.53 bits per heavy atom. The zero-order chi connectivity index (χ0) is 21.6. The number of rotatable bonds is 3. The molecule has 2 heterocycles. The number of benzene rings is 2. The second-order valence-electron chi connectivity index (χ2n) is 7.59. The van der Waals surface area contributed by atoms with E-state index < -0.39 is 10.5 Å². The first kappa shape index (κ1) is 20.6. The molecule has 1 aromatic heterocycles. The largest absolute Gasteiger partial charge is 0.298 e. The maximum atomic E-state index is 13.4. The topological polar surface area (TPSA) is 63.5 Å². The normalized spacial score (nSPS) is 14.4. The van der Waals surface area contributed by atoms with Gasteiger partial charge in [-0.25, -0.2) is 0 Å². The van der Waals surface area contributed by atoms with Gasteiger partial charge in [-0.1, -0.05) is 45.0 Å². The first-order valence-electron chi connectivity index (χ1n) is 9.21. The molecule has 0 aliphatic carbocycles. The summed E-state index contributed by atoms with van der Waals surface area (Å²) < 4.78 is 0.849. The number of nitro benzene ring substituents is 1. The highest BCUT2D eigenvalue weighted by atomic mass is 32.9. The van der Waals surface area contributed by atoms with Gasteiger partial charge in [0.05, 0.1) is 21.0 Å². The van der Waals surface area contributed by atoms with Crippen molar-refractivity contribution in [1.29, 1.82) is 0 Å². The molecule has 0 radical (unpaired) electrons. The smallest absolute Gasteiger partial charge is 0.269 e. The summed E-state index contributed by atoms with van der Waals surface area (Å²) in [4.78, 5) is 26.7. The van der Waals surface area contributed by atoms with Crippen LogP contribution in [0.4, 0.5) is 11.4 Å². The molecule has 0 saturated heterocycles. The van der Waals surface area contributed by atoms with Crippen molar-refractivity contribution in [3.05, 3.63) is 78.5 Å². The lowest BCUT2D eigenvalue weighted by atomic mass is 9.87. The van der Waals surface area contributed by atoms with Crippen LogP contribution >= 0.6 is 32.9 Å². The van der Waals surface area contributed by atoms with Crippen LogP contribution in [0.5, 0.6) is 0 Å². The van der Waals surface area contributed by atoms with Crippen molar-refractivity contribution >= 4 is 56.3 Å². The molecule has 0 atom stereocenters. The van der Waals surface area contributed by atoms with Crippen LogP contribution in [0.25, 0.3) is 17.2 Å². The standard InChI is InChI=1S/C22H18N2O3S3/c1-13-4-10-16-17(12-13)23(22(2,3)20-19(16)21(28)30-29-20)18(25)11-7-14-5-8-15(9-6-14)24(26)27/h4-12H,1-3H3. The highest BCUT2D eigenvalue weighted by Gasteiger charge is 2.42. The number of anilines is 1. The van der Waals surface area contributed by atoms with Crippen LogP contribution in [0.2, 0.25) is 0 Å². The van der Waals surface area contributed by atoms with Gasteiger partial charge in [-0.05, 0) is 56.2 Å². The summed E-state index contributed by atoms with van der Waals surface area (Å²) in [5.41, 5.74) is 4.15. The van der Waals surface area contributed by atoms with Gasteiger partial charge in [0, 0.05) is 29.3 Å². The first-order valence-corrected chi connectivity index (χ1v) is 11.8. The van der Waals surface area contributed by atoms with Gasteiger partial charge in [-0.3, -0.25) is 19.8 Å². The number of carbonyl (C=O) groups excluding carboxylic acids is 1. The molecule has 4 rings (SSSR count). The minimum absolute atomic E-state index is 0.0197. The molecular weight excluding hydrogens is 436 g/mol. The van der Waals surface area contributed by atoms with Gasteiger partial charge < -0.3 is 0 Å². The molecule has 5 nitrogen and oxygen atoms in total. The van der Waals surface area contributed by atoms with E-state index in [-0.39, 0.29) is 11.6 Å². The van der Waals surface area contributed by atoms with Gasteiger partial charge in [0.2, 0.25) is 0 Å². The fraction of sp³-hybridized carbons (Fsp3) is 0.182. The molecule has 0 spiro atoms. The number of nitro groups is 1. The summed E-state index contributed by atoms with van der Waals surface area (Å²) in [7, 11) is 3.19. The number of carbonyl (C=O) groups is 1. The minimum Gasteiger partial charge on any atom is -0.298 e. The van der Waals surface area contributed by atoms with E-state index >= 15 is 0 Å². The van der Waals surface area contributed by atoms with Gasteiger partial charge in [0.15, 0.2) is 0 Å². The number of non-ortho nitro benzene ring substituents is 1. The van der Waals surface area contributed by atoms with Crippen LogP contribution in [0.1, 0.15) is 29.9 Å². The second kappa shape index (κ2) is 7.54. The Balaban J connectivity index is 1.76. The number of amides is 1. The van der Waals surface area contributed by atoms with Gasteiger partial charge in [0.1, 0.15) is 3.82 Å². The summed E-state index contributed by atoms with van der Waals surface area (Å²) in [5.74, 6) is -0.153. The third kappa shape index (κ3) is 3.40. The van der Waals surface area contributed by atoms with E-state index in [1.54, 1.807) is 38.9 Å². The number of fused-ring (bicyclic) bond motifs is 3. The van der Waals surface area contributed by atoms with E-state index in [1.807, 2.05) is 43.9 Å². The number of hydrogen-bond donors (Lipinski definition) is 0. The van der Waals surface area contributed by atoms with Crippen LogP contribution in [0.15, 0.2) is 48.5 Å². The lowest BCUT2D eigenvalue weighted by Crippen LogP contribution is -2.47. The van der Waals surface area contributed by atoms with E-state index in [4.69, 9.17) is 12.2 Å². The number of aryl methyl sites for hydroxylation is 1. The van der Waals surface area contributed by atoms with Crippen molar-refractivity contribution in [2.45, 2.75) is 26.3 Å². The highest BCUT2D eigenvalue weighted by Crippen LogP contribution is 2.52. The lowest BCUT2D eigenvalue weighted by molar-refractivity contribution is -0.384. The van der Waals surface area contributed by atoms with Crippen LogP contribution in [0.3, 0.4) is 0 Å². The Morgan fingerprint density at radius 2 is 1.87 bits per heavy atom. The Bertz CT molecular complexity index is 1250. The summed E-state index contributed by atoms with van der Waals surface area (Å²) in [6, 6.07) is 12.2. The van der Waals surface area contributed by atoms with E-state index in [2.05, 4.69) is 0 Å². The molecular formula is C22H18N2O3S3. The zero-order valence-electron chi connectivity index (χ0n) is 16.5. The molecule has 0 bridgehead atoms. The van der Waals surface area contributed by atoms with E-state index in [0.29, 0.717) is 0 Å². The van der Waals surface area contributed by atoms with Crippen molar-refractivity contribution in [3.8, 4) is 11.1 Å². The summed E-state index contributed by atoms with van der Waals surface area (Å²) in [6.45, 7) is 6.07. The number of nitrogens with zero attached hydrogens (tertiary/aromatic N) is 2. The molecule has 0 saturated carbocycles. The lowest BCUT2D eigenvalue weighted by Gasteiger charge is -2.42. The summed E-state index contributed by atoms with van der Waals surface area (Å²) in [5, 5.41) is 10.8. The average Bonchev–Trinajstić information content (AvgIpc) is 3.09. The molecule has 30 heavy (non-hydrogen) atoms. The Hall–Kier alpha value is -2.68. The predicted octanol–water partition coefficient (Wildman–Crippen LogP) is 6.72. The molecule has 8 heteroatoms. The van der Waals surface area contributed by atoms with E-state index in [9.17, 15) is 14.9 Å². The third-order valence-corrected chi connectivity index (χ3v) is 8.48. The number of hydrogen-bond acceptors (Lipinski definition) is 6. The first-order chi connectivity index (χ1) is 14.2. The van der Waals surface area contributed by atoms with Crippen molar-refractivity contribution < 1.29 is 9.72 Å². The van der Waals surface area contributed by atoms with Crippen LogP contribution in [0, 0.1) is 20.9 Å². The molecule has 0 N–H and O–H groups in total. The monoisotopic (exact) mass is 454 g/mol. The molecule has 1 amide bonds. The Kier molecular flexibility index (Phi) is 5.17. The van der Waals surface area contributed by atoms with E-state index in [1.165, 1.54) is 18.2 Å².